The lowest BCUT2D eigenvalue weighted by molar-refractivity contribution is -0.140. The molecule has 1 aromatic heterocycles. The Bertz CT molecular complexity index is 756. The highest BCUT2D eigenvalue weighted by Crippen LogP contribution is 2.33. The number of thiazole rings is 1. The molecule has 0 bridgehead atoms. The van der Waals surface area contributed by atoms with E-state index < -0.39 is 11.9 Å². The van der Waals surface area contributed by atoms with E-state index in [0.717, 1.165) is 42.4 Å². The van der Waals surface area contributed by atoms with Crippen molar-refractivity contribution in [2.75, 3.05) is 7.05 Å². The SMILES string of the molecule is CN=C(NCc1nc(C(F)(F)F)cs1)NC1CCC(c2ccccc2)CC1.I. The van der Waals surface area contributed by atoms with Crippen LogP contribution in [-0.4, -0.2) is 24.0 Å². The van der Waals surface area contributed by atoms with Gasteiger partial charge in [-0.1, -0.05) is 30.3 Å². The highest BCUT2D eigenvalue weighted by molar-refractivity contribution is 14.0. The van der Waals surface area contributed by atoms with Crippen molar-refractivity contribution in [1.82, 2.24) is 15.6 Å². The standard InChI is InChI=1S/C19H23F3N4S.HI/c1-23-18(24-11-17-26-16(12-27-17)19(20,21)22)25-15-9-7-14(8-10-15)13-5-3-2-4-6-13;/h2-6,12,14-15H,7-11H2,1H3,(H2,23,24,25);1H. The first-order valence-electron chi connectivity index (χ1n) is 8.99. The molecule has 1 fully saturated rings. The van der Waals surface area contributed by atoms with Crippen molar-refractivity contribution in [3.05, 3.63) is 52.0 Å². The Morgan fingerprint density at radius 3 is 2.43 bits per heavy atom. The van der Waals surface area contributed by atoms with E-state index in [2.05, 4.69) is 44.9 Å². The van der Waals surface area contributed by atoms with Crippen LogP contribution in [-0.2, 0) is 12.7 Å². The van der Waals surface area contributed by atoms with Crippen molar-refractivity contribution < 1.29 is 13.2 Å². The maximum Gasteiger partial charge on any atom is 0.434 e. The zero-order valence-electron chi connectivity index (χ0n) is 15.5. The van der Waals surface area contributed by atoms with E-state index in [1.807, 2.05) is 6.07 Å². The molecule has 0 aliphatic heterocycles. The third kappa shape index (κ3) is 6.33. The molecule has 1 aromatic carbocycles. The summed E-state index contributed by atoms with van der Waals surface area (Å²) in [6.45, 7) is 0.222. The minimum Gasteiger partial charge on any atom is -0.354 e. The molecule has 0 radical (unpaired) electrons. The zero-order valence-corrected chi connectivity index (χ0v) is 18.6. The molecule has 4 nitrogen and oxygen atoms in total. The van der Waals surface area contributed by atoms with Gasteiger partial charge in [-0.15, -0.1) is 35.3 Å². The average molecular weight is 524 g/mol. The molecular formula is C19H24F3IN4S. The molecule has 28 heavy (non-hydrogen) atoms. The van der Waals surface area contributed by atoms with Crippen LogP contribution < -0.4 is 10.6 Å². The van der Waals surface area contributed by atoms with E-state index in [-0.39, 0.29) is 30.5 Å². The van der Waals surface area contributed by atoms with Crippen molar-refractivity contribution >= 4 is 41.3 Å². The van der Waals surface area contributed by atoms with Gasteiger partial charge < -0.3 is 10.6 Å². The third-order valence-corrected chi connectivity index (χ3v) is 5.66. The summed E-state index contributed by atoms with van der Waals surface area (Å²) in [5, 5.41) is 7.87. The normalized spacial score (nSPS) is 20.4. The van der Waals surface area contributed by atoms with Gasteiger partial charge in [-0.25, -0.2) is 4.98 Å². The zero-order chi connectivity index (χ0) is 19.3. The summed E-state index contributed by atoms with van der Waals surface area (Å²) >= 11 is 0.996. The highest BCUT2D eigenvalue weighted by atomic mass is 127. The molecule has 0 unspecified atom stereocenters. The van der Waals surface area contributed by atoms with Gasteiger partial charge in [0.25, 0.3) is 0 Å². The van der Waals surface area contributed by atoms with Crippen molar-refractivity contribution in [3.8, 4) is 0 Å². The lowest BCUT2D eigenvalue weighted by Gasteiger charge is -2.30. The van der Waals surface area contributed by atoms with Crippen LogP contribution in [0.5, 0.6) is 0 Å². The number of aliphatic imine (C=N–C) groups is 1. The number of hydrogen-bond donors (Lipinski definition) is 2. The summed E-state index contributed by atoms with van der Waals surface area (Å²) in [6, 6.07) is 10.9. The fourth-order valence-corrected chi connectivity index (χ4v) is 4.11. The number of nitrogens with one attached hydrogen (secondary N) is 2. The monoisotopic (exact) mass is 524 g/mol. The predicted molar refractivity (Wildman–Crippen MR) is 117 cm³/mol. The van der Waals surface area contributed by atoms with E-state index in [1.54, 1.807) is 7.05 Å². The summed E-state index contributed by atoms with van der Waals surface area (Å²) in [5.41, 5.74) is 0.550. The number of aromatic nitrogens is 1. The van der Waals surface area contributed by atoms with E-state index in [4.69, 9.17) is 0 Å². The Morgan fingerprint density at radius 1 is 1.18 bits per heavy atom. The lowest BCUT2D eigenvalue weighted by Crippen LogP contribution is -2.44. The Labute approximate surface area is 184 Å². The van der Waals surface area contributed by atoms with Gasteiger partial charge in [0.1, 0.15) is 5.01 Å². The largest absolute Gasteiger partial charge is 0.434 e. The molecule has 0 spiro atoms. The van der Waals surface area contributed by atoms with E-state index in [9.17, 15) is 13.2 Å². The average Bonchev–Trinajstić information content (AvgIpc) is 3.16. The summed E-state index contributed by atoms with van der Waals surface area (Å²) in [7, 11) is 1.66. The fraction of sp³-hybridized carbons (Fsp3) is 0.474. The molecule has 0 atom stereocenters. The maximum absolute atomic E-state index is 12.6. The molecule has 1 saturated carbocycles. The van der Waals surface area contributed by atoms with Gasteiger partial charge in [-0.2, -0.15) is 13.2 Å². The van der Waals surface area contributed by atoms with Gasteiger partial charge in [0.15, 0.2) is 11.7 Å². The van der Waals surface area contributed by atoms with Crippen molar-refractivity contribution in [3.63, 3.8) is 0 Å². The van der Waals surface area contributed by atoms with Crippen LogP contribution in [0.15, 0.2) is 40.7 Å². The number of nitrogens with zero attached hydrogens (tertiary/aromatic N) is 2. The van der Waals surface area contributed by atoms with Crippen LogP contribution in [0, 0.1) is 0 Å². The maximum atomic E-state index is 12.6. The van der Waals surface area contributed by atoms with Crippen molar-refractivity contribution in [1.29, 1.82) is 0 Å². The van der Waals surface area contributed by atoms with E-state index in [1.165, 1.54) is 5.56 Å². The molecule has 0 saturated heterocycles. The molecule has 1 heterocycles. The highest BCUT2D eigenvalue weighted by Gasteiger charge is 2.33. The van der Waals surface area contributed by atoms with Crippen molar-refractivity contribution in [2.45, 2.75) is 50.4 Å². The molecule has 3 rings (SSSR count). The second kappa shape index (κ2) is 10.4. The number of benzene rings is 1. The Morgan fingerprint density at radius 2 is 1.86 bits per heavy atom. The van der Waals surface area contributed by atoms with Crippen LogP contribution in [0.4, 0.5) is 13.2 Å². The Kier molecular flexibility index (Phi) is 8.54. The summed E-state index contributed by atoms with van der Waals surface area (Å²) in [6.07, 6.45) is -0.0995. The van der Waals surface area contributed by atoms with Gasteiger partial charge in [0.2, 0.25) is 0 Å². The van der Waals surface area contributed by atoms with Gasteiger partial charge >= 0.3 is 6.18 Å². The Hall–Kier alpha value is -1.36. The summed E-state index contributed by atoms with van der Waals surface area (Å²) < 4.78 is 37.9. The predicted octanol–water partition coefficient (Wildman–Crippen LogP) is 5.17. The Balaban J connectivity index is 0.00000280. The molecule has 1 aliphatic carbocycles. The van der Waals surface area contributed by atoms with Crippen LogP contribution in [0.1, 0.15) is 47.9 Å². The molecule has 2 N–H and O–H groups in total. The van der Waals surface area contributed by atoms with Crippen molar-refractivity contribution in [2.24, 2.45) is 4.99 Å². The van der Waals surface area contributed by atoms with Gasteiger partial charge in [-0.3, -0.25) is 4.99 Å². The smallest absolute Gasteiger partial charge is 0.354 e. The van der Waals surface area contributed by atoms with E-state index >= 15 is 0 Å². The van der Waals surface area contributed by atoms with Gasteiger partial charge in [-0.05, 0) is 37.2 Å². The van der Waals surface area contributed by atoms with Crippen LogP contribution >= 0.6 is 35.3 Å². The minimum atomic E-state index is -4.40. The van der Waals surface area contributed by atoms with E-state index in [0.29, 0.717) is 22.9 Å². The minimum absolute atomic E-state index is 0. The first kappa shape index (κ1) is 22.9. The number of alkyl halides is 3. The molecule has 0 amide bonds. The van der Waals surface area contributed by atoms with Gasteiger partial charge in [0.05, 0.1) is 6.54 Å². The second-order valence-corrected chi connectivity index (χ2v) is 7.60. The molecule has 2 aromatic rings. The molecule has 9 heteroatoms. The molecule has 154 valence electrons. The third-order valence-electron chi connectivity index (χ3n) is 4.81. The van der Waals surface area contributed by atoms with Crippen LogP contribution in [0.25, 0.3) is 0 Å². The second-order valence-electron chi connectivity index (χ2n) is 6.65. The van der Waals surface area contributed by atoms with Crippen LogP contribution in [0.3, 0.4) is 0 Å². The van der Waals surface area contributed by atoms with Crippen LogP contribution in [0.2, 0.25) is 0 Å². The molecular weight excluding hydrogens is 500 g/mol. The number of guanidine groups is 1. The summed E-state index contributed by atoms with van der Waals surface area (Å²) in [5.74, 6) is 1.19. The fourth-order valence-electron chi connectivity index (χ4n) is 3.37. The first-order valence-corrected chi connectivity index (χ1v) is 9.87. The summed E-state index contributed by atoms with van der Waals surface area (Å²) in [4.78, 5) is 7.81. The first-order chi connectivity index (χ1) is 13.0. The number of halogens is 4. The molecule has 1 aliphatic rings. The number of rotatable bonds is 4. The van der Waals surface area contributed by atoms with Gasteiger partial charge in [0, 0.05) is 18.5 Å². The number of hydrogen-bond acceptors (Lipinski definition) is 3. The quantitative estimate of drug-likeness (QED) is 0.330. The topological polar surface area (TPSA) is 49.3 Å². The lowest BCUT2D eigenvalue weighted by atomic mass is 9.82.